The van der Waals surface area contributed by atoms with Crippen LogP contribution in [0, 0.1) is 0 Å². The van der Waals surface area contributed by atoms with Crippen LogP contribution in [0.25, 0.3) is 0 Å². The molecule has 0 saturated carbocycles. The van der Waals surface area contributed by atoms with E-state index in [9.17, 15) is 9.59 Å². The highest BCUT2D eigenvalue weighted by Gasteiger charge is 2.34. The molecule has 120 valence electrons. The van der Waals surface area contributed by atoms with Crippen LogP contribution in [0.2, 0.25) is 0 Å². The fourth-order valence-electron chi connectivity index (χ4n) is 2.42. The molecular weight excluding hydrogens is 284 g/mol. The molecule has 0 spiro atoms. The fraction of sp³-hybridized carbons (Fsp3) is 0.467. The van der Waals surface area contributed by atoms with Crippen molar-refractivity contribution < 1.29 is 14.3 Å². The lowest BCUT2D eigenvalue weighted by atomic mass is 10.2. The van der Waals surface area contributed by atoms with Crippen molar-refractivity contribution in [1.82, 2.24) is 15.2 Å². The van der Waals surface area contributed by atoms with Crippen molar-refractivity contribution in [3.05, 3.63) is 24.3 Å². The minimum atomic E-state index is -0.430. The quantitative estimate of drug-likeness (QED) is 0.822. The molecule has 7 nitrogen and oxygen atoms in total. The Morgan fingerprint density at radius 2 is 1.95 bits per heavy atom. The summed E-state index contributed by atoms with van der Waals surface area (Å²) in [5, 5.41) is 0. The first-order valence-electron chi connectivity index (χ1n) is 7.20. The summed E-state index contributed by atoms with van der Waals surface area (Å²) in [6.45, 7) is 0.609. The van der Waals surface area contributed by atoms with Gasteiger partial charge in [-0.3, -0.25) is 15.6 Å². The molecule has 2 rings (SSSR count). The number of anilines is 1. The van der Waals surface area contributed by atoms with Crippen LogP contribution in [0.3, 0.4) is 0 Å². The number of hydrazine groups is 1. The predicted molar refractivity (Wildman–Crippen MR) is 83.6 cm³/mol. The number of carbonyl (C=O) groups is 2. The van der Waals surface area contributed by atoms with Crippen LogP contribution < -0.4 is 15.6 Å². The van der Waals surface area contributed by atoms with E-state index in [4.69, 9.17) is 4.74 Å². The lowest BCUT2D eigenvalue weighted by Crippen LogP contribution is -2.50. The number of nitrogens with one attached hydrogen (secondary N) is 2. The Morgan fingerprint density at radius 3 is 2.55 bits per heavy atom. The minimum Gasteiger partial charge on any atom is -0.497 e. The van der Waals surface area contributed by atoms with E-state index in [2.05, 4.69) is 10.9 Å². The summed E-state index contributed by atoms with van der Waals surface area (Å²) in [6.07, 6.45) is 1.51. The van der Waals surface area contributed by atoms with E-state index >= 15 is 0 Å². The zero-order valence-corrected chi connectivity index (χ0v) is 13.1. The molecule has 1 aliphatic rings. The summed E-state index contributed by atoms with van der Waals surface area (Å²) in [7, 11) is 4.97. The summed E-state index contributed by atoms with van der Waals surface area (Å²) in [6, 6.07) is 6.63. The number of carbonyl (C=O) groups excluding carboxylic acids is 2. The van der Waals surface area contributed by atoms with E-state index in [1.54, 1.807) is 50.4 Å². The molecule has 3 amide bonds. The van der Waals surface area contributed by atoms with Gasteiger partial charge in [-0.1, -0.05) is 0 Å². The second kappa shape index (κ2) is 7.02. The van der Waals surface area contributed by atoms with Gasteiger partial charge in [0.25, 0.3) is 5.91 Å². The van der Waals surface area contributed by atoms with E-state index in [0.717, 1.165) is 17.9 Å². The number of ether oxygens (including phenoxy) is 1. The Labute approximate surface area is 130 Å². The van der Waals surface area contributed by atoms with Crippen LogP contribution in [0.4, 0.5) is 10.5 Å². The molecule has 0 radical (unpaired) electrons. The van der Waals surface area contributed by atoms with Gasteiger partial charge in [0, 0.05) is 20.6 Å². The van der Waals surface area contributed by atoms with Crippen molar-refractivity contribution in [2.24, 2.45) is 0 Å². The van der Waals surface area contributed by atoms with Gasteiger partial charge in [-0.25, -0.2) is 4.79 Å². The lowest BCUT2D eigenvalue weighted by molar-refractivity contribution is -0.124. The number of likely N-dealkylation sites (tertiary alicyclic amines) is 1. The first-order valence-corrected chi connectivity index (χ1v) is 7.20. The largest absolute Gasteiger partial charge is 0.497 e. The number of hydrogen-bond donors (Lipinski definition) is 2. The summed E-state index contributed by atoms with van der Waals surface area (Å²) in [4.78, 5) is 27.4. The van der Waals surface area contributed by atoms with Gasteiger partial charge in [-0.05, 0) is 37.1 Å². The molecule has 1 aromatic carbocycles. The maximum Gasteiger partial charge on any atom is 0.320 e. The topological polar surface area (TPSA) is 73.9 Å². The van der Waals surface area contributed by atoms with Gasteiger partial charge in [0.1, 0.15) is 11.8 Å². The van der Waals surface area contributed by atoms with E-state index in [1.807, 2.05) is 0 Å². The number of nitrogens with zero attached hydrogens (tertiary/aromatic N) is 2. The molecule has 0 aliphatic carbocycles. The van der Waals surface area contributed by atoms with Gasteiger partial charge in [0.05, 0.1) is 12.8 Å². The Morgan fingerprint density at radius 1 is 1.27 bits per heavy atom. The number of amides is 3. The second-order valence-electron chi connectivity index (χ2n) is 5.37. The molecule has 7 heteroatoms. The molecular formula is C15H22N4O3. The van der Waals surface area contributed by atoms with Gasteiger partial charge in [0.2, 0.25) is 0 Å². The first kappa shape index (κ1) is 15.9. The standard InChI is InChI=1S/C15H22N4O3/c1-18(2)15(21)19-10-4-5-13(19)14(20)17-16-11-6-8-12(22-3)9-7-11/h6-9,13,16H,4-5,10H2,1-3H3,(H,17,20). The summed E-state index contributed by atoms with van der Waals surface area (Å²) in [5.41, 5.74) is 6.26. The fourth-order valence-corrected chi connectivity index (χ4v) is 2.42. The van der Waals surface area contributed by atoms with Gasteiger partial charge < -0.3 is 14.5 Å². The maximum absolute atomic E-state index is 12.3. The molecule has 1 saturated heterocycles. The summed E-state index contributed by atoms with van der Waals surface area (Å²) >= 11 is 0. The Hall–Kier alpha value is -2.44. The minimum absolute atomic E-state index is 0.137. The highest BCUT2D eigenvalue weighted by Crippen LogP contribution is 2.19. The normalized spacial score (nSPS) is 17.0. The predicted octanol–water partition coefficient (Wildman–Crippen LogP) is 1.28. The summed E-state index contributed by atoms with van der Waals surface area (Å²) < 4.78 is 5.07. The molecule has 0 aromatic heterocycles. The number of hydrogen-bond acceptors (Lipinski definition) is 4. The van der Waals surface area contributed by atoms with E-state index in [0.29, 0.717) is 13.0 Å². The number of benzene rings is 1. The molecule has 1 aromatic rings. The Bertz CT molecular complexity index is 530. The van der Waals surface area contributed by atoms with Gasteiger partial charge in [0.15, 0.2) is 0 Å². The Kier molecular flexibility index (Phi) is 5.08. The number of urea groups is 1. The third kappa shape index (κ3) is 3.60. The smallest absolute Gasteiger partial charge is 0.320 e. The van der Waals surface area contributed by atoms with Crippen LogP contribution >= 0.6 is 0 Å². The van der Waals surface area contributed by atoms with Crippen molar-refractivity contribution in [1.29, 1.82) is 0 Å². The molecule has 1 unspecified atom stereocenters. The SMILES string of the molecule is COc1ccc(NNC(=O)C2CCCN2C(=O)N(C)C)cc1. The average Bonchev–Trinajstić information content (AvgIpc) is 3.01. The van der Waals surface area contributed by atoms with Crippen LogP contribution in [0.5, 0.6) is 5.75 Å². The average molecular weight is 306 g/mol. The first-order chi connectivity index (χ1) is 10.5. The van der Waals surface area contributed by atoms with Crippen molar-refractivity contribution in [3.63, 3.8) is 0 Å². The number of rotatable bonds is 4. The molecule has 22 heavy (non-hydrogen) atoms. The number of methoxy groups -OCH3 is 1. The molecule has 1 fully saturated rings. The van der Waals surface area contributed by atoms with Crippen LogP contribution in [-0.2, 0) is 4.79 Å². The molecule has 1 heterocycles. The maximum atomic E-state index is 12.3. The van der Waals surface area contributed by atoms with Crippen LogP contribution in [-0.4, -0.2) is 55.5 Å². The molecule has 0 bridgehead atoms. The van der Waals surface area contributed by atoms with Crippen LogP contribution in [0.1, 0.15) is 12.8 Å². The Balaban J connectivity index is 1.92. The van der Waals surface area contributed by atoms with Gasteiger partial charge in [-0.15, -0.1) is 0 Å². The highest BCUT2D eigenvalue weighted by atomic mass is 16.5. The van der Waals surface area contributed by atoms with Crippen molar-refractivity contribution in [3.8, 4) is 5.75 Å². The second-order valence-corrected chi connectivity index (χ2v) is 5.37. The highest BCUT2D eigenvalue weighted by molar-refractivity contribution is 5.88. The molecule has 1 atom stereocenters. The van der Waals surface area contributed by atoms with E-state index in [-0.39, 0.29) is 11.9 Å². The van der Waals surface area contributed by atoms with Gasteiger partial charge in [-0.2, -0.15) is 0 Å². The lowest BCUT2D eigenvalue weighted by Gasteiger charge is -2.27. The van der Waals surface area contributed by atoms with Gasteiger partial charge >= 0.3 is 6.03 Å². The van der Waals surface area contributed by atoms with Crippen LogP contribution in [0.15, 0.2) is 24.3 Å². The summed E-state index contributed by atoms with van der Waals surface area (Å²) in [5.74, 6) is 0.541. The zero-order valence-electron chi connectivity index (χ0n) is 13.1. The third-order valence-corrected chi connectivity index (χ3v) is 3.60. The van der Waals surface area contributed by atoms with E-state index in [1.165, 1.54) is 4.90 Å². The molecule has 2 N–H and O–H groups in total. The zero-order chi connectivity index (χ0) is 16.1. The third-order valence-electron chi connectivity index (χ3n) is 3.60. The van der Waals surface area contributed by atoms with Crippen molar-refractivity contribution in [2.45, 2.75) is 18.9 Å². The van der Waals surface area contributed by atoms with Crippen molar-refractivity contribution in [2.75, 3.05) is 33.2 Å². The molecule has 1 aliphatic heterocycles. The monoisotopic (exact) mass is 306 g/mol. The van der Waals surface area contributed by atoms with Crippen molar-refractivity contribution >= 4 is 17.6 Å². The van der Waals surface area contributed by atoms with E-state index < -0.39 is 6.04 Å².